The summed E-state index contributed by atoms with van der Waals surface area (Å²) in [5, 5.41) is 2.36. The second-order valence-corrected chi connectivity index (χ2v) is 11.4. The summed E-state index contributed by atoms with van der Waals surface area (Å²) in [5.74, 6) is 0. The smallest absolute Gasteiger partial charge is 0.0780 e. The predicted molar refractivity (Wildman–Crippen MR) is 171 cm³/mol. The molecule has 1 aliphatic carbocycles. The summed E-state index contributed by atoms with van der Waals surface area (Å²) in [7, 11) is 0. The van der Waals surface area contributed by atoms with Crippen molar-refractivity contribution in [3.8, 4) is 44.6 Å². The fraction of sp³-hybridized carbons (Fsp3) is 0.0769. The summed E-state index contributed by atoms with van der Waals surface area (Å²) in [6, 6.07) is 45.6. The Labute approximate surface area is 240 Å². The van der Waals surface area contributed by atoms with Crippen molar-refractivity contribution in [3.05, 3.63) is 145 Å². The lowest BCUT2D eigenvalue weighted by Crippen LogP contribution is -2.16. The van der Waals surface area contributed by atoms with Crippen molar-refractivity contribution in [3.63, 3.8) is 0 Å². The predicted octanol–water partition coefficient (Wildman–Crippen LogP) is 10.1. The fourth-order valence-corrected chi connectivity index (χ4v) is 6.69. The molecule has 2 heteroatoms. The molecule has 5 aromatic carbocycles. The van der Waals surface area contributed by atoms with Crippen LogP contribution in [-0.2, 0) is 5.41 Å². The molecular weight excluding hydrogens is 496 g/mol. The molecule has 2 aromatic heterocycles. The van der Waals surface area contributed by atoms with Gasteiger partial charge in [-0.15, -0.1) is 0 Å². The molecule has 41 heavy (non-hydrogen) atoms. The van der Waals surface area contributed by atoms with Gasteiger partial charge < -0.3 is 0 Å². The van der Waals surface area contributed by atoms with E-state index >= 15 is 0 Å². The molecule has 0 bridgehead atoms. The molecule has 0 atom stereocenters. The van der Waals surface area contributed by atoms with Gasteiger partial charge in [0.15, 0.2) is 0 Å². The molecule has 0 aliphatic heterocycles. The van der Waals surface area contributed by atoms with Crippen LogP contribution in [0.25, 0.3) is 66.4 Å². The molecule has 0 N–H and O–H groups in total. The van der Waals surface area contributed by atoms with Gasteiger partial charge in [-0.3, -0.25) is 4.98 Å². The van der Waals surface area contributed by atoms with E-state index in [2.05, 4.69) is 140 Å². The lowest BCUT2D eigenvalue weighted by molar-refractivity contribution is 0.662. The summed E-state index contributed by atoms with van der Waals surface area (Å²) in [6.45, 7) is 4.66. The molecule has 0 fully saturated rings. The summed E-state index contributed by atoms with van der Waals surface area (Å²) < 4.78 is 0. The number of fused-ring (bicyclic) bond motifs is 5. The first-order valence-electron chi connectivity index (χ1n) is 14.2. The molecule has 0 saturated carbocycles. The van der Waals surface area contributed by atoms with Crippen molar-refractivity contribution in [2.75, 3.05) is 0 Å². The largest absolute Gasteiger partial charge is 0.256 e. The molecule has 0 saturated heterocycles. The SMILES string of the molecule is CC1(C)c2ccccc2-c2nc3ccccc3c(-c3ccc(-c4ccc(-c5cccc6cccnc56)cc4)cc3)c21. The van der Waals surface area contributed by atoms with Crippen molar-refractivity contribution in [2.24, 2.45) is 0 Å². The highest BCUT2D eigenvalue weighted by atomic mass is 14.7. The first-order valence-corrected chi connectivity index (χ1v) is 14.2. The Hall–Kier alpha value is -5.08. The van der Waals surface area contributed by atoms with E-state index in [9.17, 15) is 0 Å². The van der Waals surface area contributed by atoms with Gasteiger partial charge in [-0.05, 0) is 51.1 Å². The molecule has 2 nitrogen and oxygen atoms in total. The van der Waals surface area contributed by atoms with Crippen LogP contribution >= 0.6 is 0 Å². The van der Waals surface area contributed by atoms with Crippen molar-refractivity contribution in [1.29, 1.82) is 0 Å². The molecule has 0 radical (unpaired) electrons. The second-order valence-electron chi connectivity index (χ2n) is 11.4. The van der Waals surface area contributed by atoms with Crippen LogP contribution in [0.5, 0.6) is 0 Å². The maximum absolute atomic E-state index is 5.19. The van der Waals surface area contributed by atoms with E-state index in [0.717, 1.165) is 27.7 Å². The summed E-state index contributed by atoms with van der Waals surface area (Å²) in [5.41, 5.74) is 14.2. The minimum atomic E-state index is -0.136. The Balaban J connectivity index is 1.22. The van der Waals surface area contributed by atoms with E-state index in [-0.39, 0.29) is 5.41 Å². The van der Waals surface area contributed by atoms with E-state index in [1.165, 1.54) is 49.9 Å². The Bertz CT molecular complexity index is 2100. The molecule has 1 aliphatic rings. The minimum Gasteiger partial charge on any atom is -0.256 e. The Morgan fingerprint density at radius 1 is 0.537 bits per heavy atom. The summed E-state index contributed by atoms with van der Waals surface area (Å²) in [4.78, 5) is 9.83. The van der Waals surface area contributed by atoms with Crippen LogP contribution in [0.2, 0.25) is 0 Å². The Morgan fingerprint density at radius 3 is 1.98 bits per heavy atom. The van der Waals surface area contributed by atoms with Gasteiger partial charge in [0.1, 0.15) is 0 Å². The fourth-order valence-electron chi connectivity index (χ4n) is 6.69. The number of hydrogen-bond donors (Lipinski definition) is 0. The third kappa shape index (κ3) is 3.64. The van der Waals surface area contributed by atoms with Gasteiger partial charge in [0.2, 0.25) is 0 Å². The van der Waals surface area contributed by atoms with Crippen molar-refractivity contribution in [1.82, 2.24) is 9.97 Å². The maximum Gasteiger partial charge on any atom is 0.0780 e. The topological polar surface area (TPSA) is 25.8 Å². The van der Waals surface area contributed by atoms with Gasteiger partial charge >= 0.3 is 0 Å². The minimum absolute atomic E-state index is 0.136. The number of para-hydroxylation sites is 2. The van der Waals surface area contributed by atoms with Gasteiger partial charge in [0.25, 0.3) is 0 Å². The summed E-state index contributed by atoms with van der Waals surface area (Å²) >= 11 is 0. The van der Waals surface area contributed by atoms with Crippen LogP contribution in [0.4, 0.5) is 0 Å². The zero-order valence-electron chi connectivity index (χ0n) is 23.1. The van der Waals surface area contributed by atoms with Gasteiger partial charge in [-0.25, -0.2) is 4.98 Å². The molecule has 8 rings (SSSR count). The number of rotatable bonds is 3. The summed E-state index contributed by atoms with van der Waals surface area (Å²) in [6.07, 6.45) is 1.86. The third-order valence-electron chi connectivity index (χ3n) is 8.71. The Kier molecular flexibility index (Phi) is 5.20. The molecule has 2 heterocycles. The Morgan fingerprint density at radius 2 is 1.17 bits per heavy atom. The number of aromatic nitrogens is 2. The zero-order chi connectivity index (χ0) is 27.6. The van der Waals surface area contributed by atoms with Crippen molar-refractivity contribution < 1.29 is 0 Å². The van der Waals surface area contributed by atoms with Crippen molar-refractivity contribution >= 4 is 21.8 Å². The number of pyridine rings is 2. The third-order valence-corrected chi connectivity index (χ3v) is 8.71. The molecule has 0 spiro atoms. The van der Waals surface area contributed by atoms with Gasteiger partial charge in [-0.1, -0.05) is 129 Å². The van der Waals surface area contributed by atoms with E-state index in [1.54, 1.807) is 0 Å². The van der Waals surface area contributed by atoms with Crippen LogP contribution in [0.15, 0.2) is 134 Å². The highest BCUT2D eigenvalue weighted by Crippen LogP contribution is 2.53. The lowest BCUT2D eigenvalue weighted by Gasteiger charge is -2.25. The number of nitrogens with zero attached hydrogens (tertiary/aromatic N) is 2. The van der Waals surface area contributed by atoms with Crippen molar-refractivity contribution in [2.45, 2.75) is 19.3 Å². The van der Waals surface area contributed by atoms with Crippen LogP contribution in [-0.4, -0.2) is 9.97 Å². The lowest BCUT2D eigenvalue weighted by atomic mass is 9.78. The molecule has 7 aromatic rings. The second kappa shape index (κ2) is 8.97. The van der Waals surface area contributed by atoms with Crippen LogP contribution in [0.1, 0.15) is 25.0 Å². The van der Waals surface area contributed by atoms with E-state index in [1.807, 2.05) is 12.3 Å². The van der Waals surface area contributed by atoms with Gasteiger partial charge in [0, 0.05) is 33.5 Å². The first kappa shape index (κ1) is 23.8. The van der Waals surface area contributed by atoms with Crippen LogP contribution in [0, 0.1) is 0 Å². The van der Waals surface area contributed by atoms with E-state index < -0.39 is 0 Å². The monoisotopic (exact) mass is 524 g/mol. The highest BCUT2D eigenvalue weighted by molar-refractivity contribution is 6.02. The molecule has 0 unspecified atom stereocenters. The van der Waals surface area contributed by atoms with Crippen LogP contribution in [0.3, 0.4) is 0 Å². The normalized spacial score (nSPS) is 13.3. The molecule has 194 valence electrons. The van der Waals surface area contributed by atoms with Crippen LogP contribution < -0.4 is 0 Å². The first-order chi connectivity index (χ1) is 20.1. The quantitative estimate of drug-likeness (QED) is 0.230. The number of benzene rings is 5. The highest BCUT2D eigenvalue weighted by Gasteiger charge is 2.39. The van der Waals surface area contributed by atoms with Gasteiger partial charge in [-0.2, -0.15) is 0 Å². The van der Waals surface area contributed by atoms with Gasteiger partial charge in [0.05, 0.1) is 16.7 Å². The zero-order valence-corrected chi connectivity index (χ0v) is 23.1. The standard InChI is InChI=1S/C39H28N2/c1-39(2)33-14-5-3-11-31(33)38-36(39)35(32-12-4-6-15-34(32)41-38)28-22-18-26(19-23-28)25-16-20-27(21-17-25)30-13-7-9-29-10-8-24-40-37(29)30/h3-24H,1-2H3. The average molecular weight is 525 g/mol. The molecule has 0 amide bonds. The van der Waals surface area contributed by atoms with E-state index in [0.29, 0.717) is 0 Å². The maximum atomic E-state index is 5.19. The average Bonchev–Trinajstić information content (AvgIpc) is 3.26. The number of hydrogen-bond acceptors (Lipinski definition) is 2. The van der Waals surface area contributed by atoms with E-state index in [4.69, 9.17) is 4.98 Å². The molecular formula is C39H28N2.